The molecule has 78 valence electrons. The van der Waals surface area contributed by atoms with Gasteiger partial charge in [0.05, 0.1) is 5.75 Å². The molecule has 0 aliphatic carbocycles. The van der Waals surface area contributed by atoms with E-state index in [1.807, 2.05) is 0 Å². The molecule has 0 saturated carbocycles. The molecule has 3 N–H and O–H groups in total. The fraction of sp³-hybridized carbons (Fsp3) is 0.571. The zero-order chi connectivity index (χ0) is 10.6. The summed E-state index contributed by atoms with van der Waals surface area (Å²) in [5.41, 5.74) is 5.30. The van der Waals surface area contributed by atoms with Gasteiger partial charge in [-0.3, -0.25) is 4.79 Å². The van der Waals surface area contributed by atoms with E-state index >= 15 is 0 Å². The molecule has 1 rings (SSSR count). The third-order valence-electron chi connectivity index (χ3n) is 1.41. The van der Waals surface area contributed by atoms with Gasteiger partial charge in [-0.05, 0) is 0 Å². The average Bonchev–Trinajstić information content (AvgIpc) is 2.51. The second-order valence-corrected chi connectivity index (χ2v) is 3.70. The van der Waals surface area contributed by atoms with Gasteiger partial charge in [0.1, 0.15) is 6.04 Å². The number of carbonyl (C=O) groups is 1. The van der Waals surface area contributed by atoms with E-state index in [-0.39, 0.29) is 0 Å². The highest BCUT2D eigenvalue weighted by Gasteiger charge is 2.11. The summed E-state index contributed by atoms with van der Waals surface area (Å²) in [5, 5.41) is 15.9. The van der Waals surface area contributed by atoms with E-state index in [0.717, 1.165) is 0 Å². The Balaban J connectivity index is 2.25. The van der Waals surface area contributed by atoms with Crippen LogP contribution < -0.4 is 5.73 Å². The molecule has 1 atom stereocenters. The van der Waals surface area contributed by atoms with Crippen molar-refractivity contribution in [2.45, 2.75) is 18.7 Å². The lowest BCUT2D eigenvalue weighted by Gasteiger charge is -2.03. The number of aryl methyl sites for hydroxylation is 1. The zero-order valence-electron chi connectivity index (χ0n) is 7.64. The molecule has 0 aliphatic heterocycles. The first-order valence-electron chi connectivity index (χ1n) is 3.94. The Bertz CT molecular complexity index is 315. The van der Waals surface area contributed by atoms with Gasteiger partial charge in [0.15, 0.2) is 0 Å². The number of carboxylic acid groups (broad SMARTS) is 1. The van der Waals surface area contributed by atoms with Crippen LogP contribution in [0.5, 0.6) is 0 Å². The summed E-state index contributed by atoms with van der Waals surface area (Å²) in [7, 11) is 0. The van der Waals surface area contributed by atoms with Crippen LogP contribution in [0.3, 0.4) is 0 Å². The number of thioether (sulfide) groups is 1. The molecule has 1 heterocycles. The Labute approximate surface area is 84.9 Å². The lowest BCUT2D eigenvalue weighted by Crippen LogP contribution is -2.32. The Kier molecular flexibility index (Phi) is 3.90. The van der Waals surface area contributed by atoms with Crippen LogP contribution in [0.1, 0.15) is 11.8 Å². The van der Waals surface area contributed by atoms with E-state index in [4.69, 9.17) is 15.3 Å². The monoisotopic (exact) mass is 217 g/mol. The highest BCUT2D eigenvalue weighted by atomic mass is 32.2. The summed E-state index contributed by atoms with van der Waals surface area (Å²) >= 11 is 1.35. The molecule has 0 spiro atoms. The molecule has 6 nitrogen and oxygen atoms in total. The number of nitrogens with two attached hydrogens (primary N) is 1. The third kappa shape index (κ3) is 3.35. The number of nitrogens with zero attached hydrogens (tertiary/aromatic N) is 2. The van der Waals surface area contributed by atoms with E-state index < -0.39 is 12.0 Å². The highest BCUT2D eigenvalue weighted by Crippen LogP contribution is 2.11. The van der Waals surface area contributed by atoms with Crippen molar-refractivity contribution in [1.29, 1.82) is 0 Å². The van der Waals surface area contributed by atoms with Crippen molar-refractivity contribution in [3.63, 3.8) is 0 Å². The van der Waals surface area contributed by atoms with Crippen molar-refractivity contribution >= 4 is 17.7 Å². The summed E-state index contributed by atoms with van der Waals surface area (Å²) in [5.74, 6) is 0.811. The van der Waals surface area contributed by atoms with Crippen LogP contribution in [0.15, 0.2) is 4.42 Å². The van der Waals surface area contributed by atoms with E-state index in [9.17, 15) is 4.79 Å². The smallest absolute Gasteiger partial charge is 0.321 e. The Morgan fingerprint density at radius 3 is 2.93 bits per heavy atom. The molecule has 0 aromatic carbocycles. The van der Waals surface area contributed by atoms with Crippen LogP contribution in [0.4, 0.5) is 0 Å². The molecule has 0 fully saturated rings. The quantitative estimate of drug-likeness (QED) is 0.716. The highest BCUT2D eigenvalue weighted by molar-refractivity contribution is 7.98. The number of rotatable bonds is 5. The number of aromatic nitrogens is 2. The Morgan fingerprint density at radius 2 is 2.43 bits per heavy atom. The minimum absolute atomic E-state index is 0.330. The van der Waals surface area contributed by atoms with Crippen LogP contribution in [0, 0.1) is 6.92 Å². The molecule has 7 heteroatoms. The molecule has 0 saturated heterocycles. The van der Waals surface area contributed by atoms with E-state index in [2.05, 4.69) is 10.2 Å². The van der Waals surface area contributed by atoms with Gasteiger partial charge in [0, 0.05) is 12.7 Å². The lowest BCUT2D eigenvalue weighted by molar-refractivity contribution is -0.137. The van der Waals surface area contributed by atoms with Crippen LogP contribution >= 0.6 is 11.8 Å². The lowest BCUT2D eigenvalue weighted by atomic mass is 10.4. The second-order valence-electron chi connectivity index (χ2n) is 2.67. The Morgan fingerprint density at radius 1 is 1.71 bits per heavy atom. The minimum atomic E-state index is -1.00. The van der Waals surface area contributed by atoms with Gasteiger partial charge in [0.25, 0.3) is 0 Å². The fourth-order valence-electron chi connectivity index (χ4n) is 0.740. The number of hydrogen-bond donors (Lipinski definition) is 2. The third-order valence-corrected chi connectivity index (χ3v) is 2.45. The topological polar surface area (TPSA) is 102 Å². The van der Waals surface area contributed by atoms with Gasteiger partial charge in [-0.15, -0.1) is 22.0 Å². The number of carboxylic acids is 1. The first-order valence-corrected chi connectivity index (χ1v) is 5.10. The van der Waals surface area contributed by atoms with Crippen LogP contribution in [-0.4, -0.2) is 33.1 Å². The Hall–Kier alpha value is -1.08. The molecule has 14 heavy (non-hydrogen) atoms. The van der Waals surface area contributed by atoms with Gasteiger partial charge in [-0.25, -0.2) is 0 Å². The molecule has 0 unspecified atom stereocenters. The summed E-state index contributed by atoms with van der Waals surface area (Å²) in [4.78, 5) is 10.4. The SMILES string of the molecule is Cc1nnc(CSC[C@@H](N)C(=O)O)o1. The summed E-state index contributed by atoms with van der Waals surface area (Å²) in [6, 6.07) is -0.844. The first-order chi connectivity index (χ1) is 6.59. The average molecular weight is 217 g/mol. The van der Waals surface area contributed by atoms with Crippen LogP contribution in [0.25, 0.3) is 0 Å². The van der Waals surface area contributed by atoms with Crippen molar-refractivity contribution < 1.29 is 14.3 Å². The zero-order valence-corrected chi connectivity index (χ0v) is 8.45. The fourth-order valence-corrected chi connectivity index (χ4v) is 1.55. The van der Waals surface area contributed by atoms with Gasteiger partial charge in [-0.1, -0.05) is 0 Å². The van der Waals surface area contributed by atoms with E-state index in [1.54, 1.807) is 6.92 Å². The van der Waals surface area contributed by atoms with Gasteiger partial charge in [0.2, 0.25) is 11.8 Å². The molecule has 1 aromatic heterocycles. The number of aliphatic carboxylic acids is 1. The predicted octanol–water partition coefficient (Wildman–Crippen LogP) is 0.0231. The maximum absolute atomic E-state index is 10.4. The summed E-state index contributed by atoms with van der Waals surface area (Å²) < 4.78 is 5.09. The largest absolute Gasteiger partial charge is 0.480 e. The van der Waals surface area contributed by atoms with Gasteiger partial charge < -0.3 is 15.3 Å². The number of hydrogen-bond acceptors (Lipinski definition) is 6. The first kappa shape index (κ1) is 11.0. The van der Waals surface area contributed by atoms with Crippen LogP contribution in [0.2, 0.25) is 0 Å². The molecule has 0 amide bonds. The normalized spacial score (nSPS) is 12.7. The standard InChI is InChI=1S/C7H11N3O3S/c1-4-9-10-6(13-4)3-14-2-5(8)7(11)12/h5H,2-3,8H2,1H3,(H,11,12)/t5-/m1/s1. The van der Waals surface area contributed by atoms with E-state index in [0.29, 0.717) is 23.3 Å². The van der Waals surface area contributed by atoms with Crippen molar-refractivity contribution in [3.8, 4) is 0 Å². The minimum Gasteiger partial charge on any atom is -0.480 e. The molecular weight excluding hydrogens is 206 g/mol. The van der Waals surface area contributed by atoms with Crippen molar-refractivity contribution in [1.82, 2.24) is 10.2 Å². The van der Waals surface area contributed by atoms with Gasteiger partial charge in [-0.2, -0.15) is 0 Å². The van der Waals surface area contributed by atoms with E-state index in [1.165, 1.54) is 11.8 Å². The maximum atomic E-state index is 10.4. The van der Waals surface area contributed by atoms with Crippen LogP contribution in [-0.2, 0) is 10.5 Å². The predicted molar refractivity (Wildman–Crippen MR) is 50.8 cm³/mol. The molecule has 0 radical (unpaired) electrons. The maximum Gasteiger partial charge on any atom is 0.321 e. The van der Waals surface area contributed by atoms with Crippen molar-refractivity contribution in [2.75, 3.05) is 5.75 Å². The molecule has 0 aliphatic rings. The summed E-state index contributed by atoms with van der Waals surface area (Å²) in [6.45, 7) is 1.70. The second kappa shape index (κ2) is 4.97. The molecule has 1 aromatic rings. The summed E-state index contributed by atoms with van der Waals surface area (Å²) in [6.07, 6.45) is 0. The molecular formula is C7H11N3O3S. The van der Waals surface area contributed by atoms with Gasteiger partial charge >= 0.3 is 5.97 Å². The van der Waals surface area contributed by atoms with Crippen molar-refractivity contribution in [2.24, 2.45) is 5.73 Å². The molecule has 0 bridgehead atoms. The van der Waals surface area contributed by atoms with Crippen molar-refractivity contribution in [3.05, 3.63) is 11.8 Å².